The lowest BCUT2D eigenvalue weighted by Gasteiger charge is -2.10. The van der Waals surface area contributed by atoms with Gasteiger partial charge in [0.15, 0.2) is 0 Å². The van der Waals surface area contributed by atoms with Crippen molar-refractivity contribution in [2.75, 3.05) is 0 Å². The molecule has 0 heterocycles. The number of ether oxygens (including phenoxy) is 1. The van der Waals surface area contributed by atoms with Crippen molar-refractivity contribution in [1.29, 1.82) is 0 Å². The molecule has 0 radical (unpaired) electrons. The monoisotopic (exact) mass is 230 g/mol. The van der Waals surface area contributed by atoms with Crippen molar-refractivity contribution in [3.05, 3.63) is 35.9 Å². The van der Waals surface area contributed by atoms with E-state index >= 15 is 0 Å². The Labute approximate surface area is 90.3 Å². The summed E-state index contributed by atoms with van der Waals surface area (Å²) in [4.78, 5) is 10.7. The summed E-state index contributed by atoms with van der Waals surface area (Å²) in [5.74, 6) is -0.529. The van der Waals surface area contributed by atoms with Crippen LogP contribution in [0.4, 0.5) is 13.2 Å². The van der Waals surface area contributed by atoms with E-state index in [2.05, 4.69) is 6.58 Å². The molecule has 0 bridgehead atoms. The van der Waals surface area contributed by atoms with Gasteiger partial charge >= 0.3 is 12.1 Å². The summed E-state index contributed by atoms with van der Waals surface area (Å²) >= 11 is 0. The lowest BCUT2D eigenvalue weighted by Crippen LogP contribution is -2.07. The van der Waals surface area contributed by atoms with Gasteiger partial charge in [0.1, 0.15) is 5.75 Å². The van der Waals surface area contributed by atoms with Crippen molar-refractivity contribution >= 4 is 12.0 Å². The summed E-state index contributed by atoms with van der Waals surface area (Å²) in [6, 6.07) is 2.83. The van der Waals surface area contributed by atoms with Gasteiger partial charge in [0.25, 0.3) is 0 Å². The van der Waals surface area contributed by atoms with Gasteiger partial charge in [-0.3, -0.25) is 4.79 Å². The lowest BCUT2D eigenvalue weighted by molar-refractivity contribution is -0.137. The van der Waals surface area contributed by atoms with Crippen LogP contribution in [0.25, 0.3) is 6.08 Å². The van der Waals surface area contributed by atoms with E-state index in [0.717, 1.165) is 18.2 Å². The van der Waals surface area contributed by atoms with Crippen LogP contribution in [0.2, 0.25) is 0 Å². The largest absolute Gasteiger partial charge is 0.426 e. The predicted molar refractivity (Wildman–Crippen MR) is 52.8 cm³/mol. The minimum Gasteiger partial charge on any atom is -0.426 e. The summed E-state index contributed by atoms with van der Waals surface area (Å²) in [6.07, 6.45) is -3.22. The van der Waals surface area contributed by atoms with Crippen LogP contribution < -0.4 is 4.74 Å². The van der Waals surface area contributed by atoms with E-state index in [0.29, 0.717) is 0 Å². The molecule has 0 saturated heterocycles. The highest BCUT2D eigenvalue weighted by atomic mass is 19.4. The molecule has 0 N–H and O–H groups in total. The van der Waals surface area contributed by atoms with Crippen molar-refractivity contribution in [2.24, 2.45) is 0 Å². The molecule has 0 fully saturated rings. The van der Waals surface area contributed by atoms with Crippen LogP contribution in [0.5, 0.6) is 5.75 Å². The van der Waals surface area contributed by atoms with Gasteiger partial charge in [0.2, 0.25) is 0 Å². The molecule has 0 saturated carbocycles. The van der Waals surface area contributed by atoms with Crippen molar-refractivity contribution in [2.45, 2.75) is 13.1 Å². The zero-order valence-corrected chi connectivity index (χ0v) is 8.47. The fourth-order valence-corrected chi connectivity index (χ4v) is 1.13. The first-order valence-electron chi connectivity index (χ1n) is 4.36. The van der Waals surface area contributed by atoms with Gasteiger partial charge < -0.3 is 4.74 Å². The topological polar surface area (TPSA) is 26.3 Å². The first-order chi connectivity index (χ1) is 7.34. The second-order valence-electron chi connectivity index (χ2n) is 3.05. The van der Waals surface area contributed by atoms with Gasteiger partial charge in [0.05, 0.1) is 5.56 Å². The van der Waals surface area contributed by atoms with E-state index < -0.39 is 17.7 Å². The number of alkyl halides is 3. The highest BCUT2D eigenvalue weighted by Gasteiger charge is 2.30. The van der Waals surface area contributed by atoms with Crippen LogP contribution in [-0.4, -0.2) is 5.97 Å². The molecule has 86 valence electrons. The zero-order valence-electron chi connectivity index (χ0n) is 8.47. The summed E-state index contributed by atoms with van der Waals surface area (Å²) in [5.41, 5.74) is -0.677. The maximum absolute atomic E-state index is 12.4. The van der Waals surface area contributed by atoms with Crippen LogP contribution in [0.1, 0.15) is 18.1 Å². The van der Waals surface area contributed by atoms with Crippen molar-refractivity contribution in [3.63, 3.8) is 0 Å². The van der Waals surface area contributed by atoms with Gasteiger partial charge in [-0.1, -0.05) is 12.7 Å². The van der Waals surface area contributed by atoms with Crippen molar-refractivity contribution in [3.8, 4) is 5.75 Å². The van der Waals surface area contributed by atoms with Crippen LogP contribution in [0.15, 0.2) is 24.8 Å². The molecule has 0 amide bonds. The molecule has 0 aromatic heterocycles. The Morgan fingerprint density at radius 3 is 2.50 bits per heavy atom. The SMILES string of the molecule is C=Cc1cc(C(F)(F)F)ccc1OC(C)=O. The Morgan fingerprint density at radius 1 is 1.44 bits per heavy atom. The molecule has 0 aliphatic heterocycles. The highest BCUT2D eigenvalue weighted by Crippen LogP contribution is 2.32. The summed E-state index contributed by atoms with van der Waals surface area (Å²) in [7, 11) is 0. The number of carbonyl (C=O) groups is 1. The number of hydrogen-bond acceptors (Lipinski definition) is 2. The van der Waals surface area contributed by atoms with Gasteiger partial charge in [-0.05, 0) is 18.2 Å². The molecule has 1 aromatic carbocycles. The maximum Gasteiger partial charge on any atom is 0.416 e. The molecule has 0 spiro atoms. The first-order valence-corrected chi connectivity index (χ1v) is 4.36. The number of halogens is 3. The van der Waals surface area contributed by atoms with E-state index in [-0.39, 0.29) is 11.3 Å². The molecule has 1 aromatic rings. The number of carbonyl (C=O) groups excluding carboxylic acids is 1. The third-order valence-corrected chi connectivity index (χ3v) is 1.81. The molecule has 1 rings (SSSR count). The number of rotatable bonds is 2. The zero-order chi connectivity index (χ0) is 12.3. The van der Waals surface area contributed by atoms with E-state index in [1.165, 1.54) is 13.0 Å². The Kier molecular flexibility index (Phi) is 3.37. The molecular formula is C11H9F3O2. The Balaban J connectivity index is 3.17. The predicted octanol–water partition coefficient (Wildman–Crippen LogP) is 3.27. The quantitative estimate of drug-likeness (QED) is 0.575. The van der Waals surface area contributed by atoms with E-state index in [1.54, 1.807) is 0 Å². The normalized spacial score (nSPS) is 11.0. The van der Waals surface area contributed by atoms with Gasteiger partial charge in [-0.15, -0.1) is 0 Å². The molecule has 0 aliphatic rings. The molecule has 0 aliphatic carbocycles. The third-order valence-electron chi connectivity index (χ3n) is 1.81. The Hall–Kier alpha value is -1.78. The second-order valence-corrected chi connectivity index (χ2v) is 3.05. The molecule has 5 heteroatoms. The van der Waals surface area contributed by atoms with Crippen LogP contribution >= 0.6 is 0 Å². The average molecular weight is 230 g/mol. The highest BCUT2D eigenvalue weighted by molar-refractivity contribution is 5.71. The van der Waals surface area contributed by atoms with Crippen molar-refractivity contribution < 1.29 is 22.7 Å². The molecule has 0 atom stereocenters. The van der Waals surface area contributed by atoms with E-state index in [1.807, 2.05) is 0 Å². The third kappa shape index (κ3) is 2.85. The van der Waals surface area contributed by atoms with Crippen LogP contribution in [-0.2, 0) is 11.0 Å². The molecule has 0 unspecified atom stereocenters. The van der Waals surface area contributed by atoms with Gasteiger partial charge in [-0.25, -0.2) is 0 Å². The number of hydrogen-bond donors (Lipinski definition) is 0. The Bertz CT molecular complexity index is 422. The molecule has 2 nitrogen and oxygen atoms in total. The number of benzene rings is 1. The second kappa shape index (κ2) is 4.38. The Morgan fingerprint density at radius 2 is 2.06 bits per heavy atom. The average Bonchev–Trinajstić information content (AvgIpc) is 2.15. The summed E-state index contributed by atoms with van der Waals surface area (Å²) < 4.78 is 41.8. The smallest absolute Gasteiger partial charge is 0.416 e. The summed E-state index contributed by atoms with van der Waals surface area (Å²) in [5, 5.41) is 0. The lowest BCUT2D eigenvalue weighted by atomic mass is 10.1. The fraction of sp³-hybridized carbons (Fsp3) is 0.182. The van der Waals surface area contributed by atoms with Gasteiger partial charge in [-0.2, -0.15) is 13.2 Å². The van der Waals surface area contributed by atoms with Gasteiger partial charge in [0, 0.05) is 12.5 Å². The summed E-state index contributed by atoms with van der Waals surface area (Å²) in [6.45, 7) is 4.53. The maximum atomic E-state index is 12.4. The van der Waals surface area contributed by atoms with E-state index in [4.69, 9.17) is 4.74 Å². The first kappa shape index (κ1) is 12.3. The van der Waals surface area contributed by atoms with Crippen LogP contribution in [0, 0.1) is 0 Å². The fourth-order valence-electron chi connectivity index (χ4n) is 1.13. The van der Waals surface area contributed by atoms with Crippen LogP contribution in [0.3, 0.4) is 0 Å². The standard InChI is InChI=1S/C11H9F3O2/c1-3-8-6-9(11(12,13)14)4-5-10(8)16-7(2)15/h3-6H,1H2,2H3. The van der Waals surface area contributed by atoms with Crippen molar-refractivity contribution in [1.82, 2.24) is 0 Å². The minimum atomic E-state index is -4.42. The molecule has 16 heavy (non-hydrogen) atoms. The number of esters is 1. The van der Waals surface area contributed by atoms with E-state index in [9.17, 15) is 18.0 Å². The molecular weight excluding hydrogens is 221 g/mol. The minimum absolute atomic E-state index is 0.0653.